The molecule has 1 aliphatic heterocycles. The number of aliphatic hydroxyl groups is 1. The van der Waals surface area contributed by atoms with Crippen LogP contribution >= 0.6 is 0 Å². The van der Waals surface area contributed by atoms with Crippen LogP contribution in [0.1, 0.15) is 37.3 Å². The van der Waals surface area contributed by atoms with Gasteiger partial charge >= 0.3 is 0 Å². The van der Waals surface area contributed by atoms with Crippen LogP contribution in [0.5, 0.6) is 5.75 Å². The molecule has 10 heteroatoms. The van der Waals surface area contributed by atoms with Crippen molar-refractivity contribution in [2.45, 2.75) is 50.1 Å². The summed E-state index contributed by atoms with van der Waals surface area (Å²) >= 11 is 0. The molecule has 9 nitrogen and oxygen atoms in total. The topological polar surface area (TPSA) is 116 Å². The molecule has 0 spiro atoms. The Balaban J connectivity index is 1.68. The largest absolute Gasteiger partial charge is 0.497 e. The number of sulfonamides is 1. The summed E-state index contributed by atoms with van der Waals surface area (Å²) in [4.78, 5) is 27.6. The fourth-order valence-corrected chi connectivity index (χ4v) is 5.65. The first-order valence-electron chi connectivity index (χ1n) is 12.2. The summed E-state index contributed by atoms with van der Waals surface area (Å²) in [6.45, 7) is 2.92. The van der Waals surface area contributed by atoms with Gasteiger partial charge in [-0.25, -0.2) is 8.42 Å². The van der Waals surface area contributed by atoms with Crippen molar-refractivity contribution < 1.29 is 27.9 Å². The third-order valence-corrected chi connectivity index (χ3v) is 8.26. The molecular weight excluding hydrogens is 482 g/mol. The molecule has 36 heavy (non-hydrogen) atoms. The third kappa shape index (κ3) is 7.05. The molecule has 2 aromatic carbocycles. The summed E-state index contributed by atoms with van der Waals surface area (Å²) in [7, 11) is -1.91. The molecule has 0 saturated carbocycles. The molecule has 0 unspecified atom stereocenters. The second kappa shape index (κ2) is 12.8. The van der Waals surface area contributed by atoms with Gasteiger partial charge in [0.25, 0.3) is 0 Å². The maximum Gasteiger partial charge on any atom is 0.243 e. The summed E-state index contributed by atoms with van der Waals surface area (Å²) in [6.07, 6.45) is 2.32. The Kier molecular flexibility index (Phi) is 9.86. The average Bonchev–Trinajstić information content (AvgIpc) is 3.45. The van der Waals surface area contributed by atoms with Gasteiger partial charge in [-0.3, -0.25) is 9.59 Å². The van der Waals surface area contributed by atoms with Crippen LogP contribution in [0.15, 0.2) is 53.4 Å². The number of nitrogens with zero attached hydrogens (tertiary/aromatic N) is 2. The van der Waals surface area contributed by atoms with E-state index in [-0.39, 0.29) is 42.8 Å². The van der Waals surface area contributed by atoms with Crippen LogP contribution in [0.25, 0.3) is 0 Å². The molecular formula is C26H35N3O6S. The quantitative estimate of drug-likeness (QED) is 0.445. The van der Waals surface area contributed by atoms with Crippen LogP contribution in [-0.4, -0.2) is 73.9 Å². The molecule has 1 saturated heterocycles. The second-order valence-corrected chi connectivity index (χ2v) is 10.8. The molecule has 196 valence electrons. The van der Waals surface area contributed by atoms with Gasteiger partial charge in [0, 0.05) is 32.6 Å². The van der Waals surface area contributed by atoms with E-state index in [9.17, 15) is 18.0 Å². The molecule has 0 aliphatic carbocycles. The summed E-state index contributed by atoms with van der Waals surface area (Å²) in [5.74, 6) is 0.147. The van der Waals surface area contributed by atoms with Gasteiger partial charge < -0.3 is 20.1 Å². The number of ether oxygens (including phenoxy) is 1. The molecule has 2 aromatic rings. The zero-order chi connectivity index (χ0) is 26.1. The summed E-state index contributed by atoms with van der Waals surface area (Å²) < 4.78 is 32.2. The van der Waals surface area contributed by atoms with Crippen molar-refractivity contribution in [3.63, 3.8) is 0 Å². The van der Waals surface area contributed by atoms with Gasteiger partial charge in [0.1, 0.15) is 11.8 Å². The monoisotopic (exact) mass is 517 g/mol. The summed E-state index contributed by atoms with van der Waals surface area (Å²) in [5.41, 5.74) is 1.69. The predicted octanol–water partition coefficient (Wildman–Crippen LogP) is 1.94. The number of rotatable bonds is 12. The number of aliphatic hydroxyl groups excluding tert-OH is 1. The van der Waals surface area contributed by atoms with Crippen molar-refractivity contribution in [1.29, 1.82) is 0 Å². The first kappa shape index (κ1) is 27.6. The third-order valence-electron chi connectivity index (χ3n) is 6.34. The van der Waals surface area contributed by atoms with Crippen molar-refractivity contribution in [2.75, 3.05) is 33.4 Å². The Morgan fingerprint density at radius 1 is 1.06 bits per heavy atom. The molecule has 1 fully saturated rings. The lowest BCUT2D eigenvalue weighted by Gasteiger charge is -2.29. The van der Waals surface area contributed by atoms with E-state index in [1.54, 1.807) is 50.4 Å². The highest BCUT2D eigenvalue weighted by Crippen LogP contribution is 2.22. The van der Waals surface area contributed by atoms with Gasteiger partial charge in [-0.05, 0) is 61.6 Å². The van der Waals surface area contributed by atoms with Crippen molar-refractivity contribution in [3.05, 3.63) is 59.7 Å². The summed E-state index contributed by atoms with van der Waals surface area (Å²) in [5, 5.41) is 11.6. The lowest BCUT2D eigenvalue weighted by atomic mass is 10.1. The molecule has 1 aliphatic rings. The van der Waals surface area contributed by atoms with Gasteiger partial charge in [0.2, 0.25) is 21.8 Å². The van der Waals surface area contributed by atoms with Gasteiger partial charge in [-0.15, -0.1) is 0 Å². The summed E-state index contributed by atoms with van der Waals surface area (Å²) in [6, 6.07) is 13.2. The Labute approximate surface area is 213 Å². The first-order chi connectivity index (χ1) is 17.3. The number of carbonyl (C=O) groups excluding carboxylic acids is 2. The molecule has 2 N–H and O–H groups in total. The molecule has 1 atom stereocenters. The normalized spacial score (nSPS) is 14.9. The minimum absolute atomic E-state index is 0.112. The van der Waals surface area contributed by atoms with Crippen molar-refractivity contribution in [3.8, 4) is 5.75 Å². The maximum atomic E-state index is 13.2. The smallest absolute Gasteiger partial charge is 0.243 e. The SMILES string of the molecule is COc1ccc(CN(C(=O)CCc2ccc(S(=O)(=O)N3CCCC3)cc2)[C@@H](C)C(=O)NCCO)cc1. The highest BCUT2D eigenvalue weighted by molar-refractivity contribution is 7.89. The van der Waals surface area contributed by atoms with Crippen LogP contribution in [-0.2, 0) is 32.6 Å². The van der Waals surface area contributed by atoms with Crippen LogP contribution in [0.3, 0.4) is 0 Å². The van der Waals surface area contributed by atoms with Crippen LogP contribution in [0.2, 0.25) is 0 Å². The van der Waals surface area contributed by atoms with Gasteiger partial charge in [0.15, 0.2) is 0 Å². The van der Waals surface area contributed by atoms with E-state index in [0.29, 0.717) is 25.3 Å². The van der Waals surface area contributed by atoms with E-state index in [0.717, 1.165) is 24.0 Å². The van der Waals surface area contributed by atoms with Gasteiger partial charge in [-0.2, -0.15) is 4.31 Å². The van der Waals surface area contributed by atoms with E-state index < -0.39 is 16.1 Å². The molecule has 0 bridgehead atoms. The number of benzene rings is 2. The van der Waals surface area contributed by atoms with E-state index in [2.05, 4.69) is 5.32 Å². The van der Waals surface area contributed by atoms with E-state index in [4.69, 9.17) is 9.84 Å². The fraction of sp³-hybridized carbons (Fsp3) is 0.462. The van der Waals surface area contributed by atoms with Crippen LogP contribution in [0.4, 0.5) is 0 Å². The highest BCUT2D eigenvalue weighted by atomic mass is 32.2. The number of hydrogen-bond acceptors (Lipinski definition) is 6. The Morgan fingerprint density at radius 2 is 1.67 bits per heavy atom. The second-order valence-electron chi connectivity index (χ2n) is 8.82. The number of methoxy groups -OCH3 is 1. The average molecular weight is 518 g/mol. The zero-order valence-corrected chi connectivity index (χ0v) is 21.7. The Bertz CT molecular complexity index is 1110. The number of aryl methyl sites for hydroxylation is 1. The lowest BCUT2D eigenvalue weighted by Crippen LogP contribution is -2.48. The number of carbonyl (C=O) groups is 2. The van der Waals surface area contributed by atoms with Gasteiger partial charge in [0.05, 0.1) is 18.6 Å². The number of amides is 2. The molecule has 3 rings (SSSR count). The Morgan fingerprint density at radius 3 is 2.25 bits per heavy atom. The van der Waals surface area contributed by atoms with E-state index in [1.807, 2.05) is 12.1 Å². The van der Waals surface area contributed by atoms with Crippen LogP contribution in [0, 0.1) is 0 Å². The molecule has 0 radical (unpaired) electrons. The molecule has 1 heterocycles. The number of nitrogens with one attached hydrogen (secondary N) is 1. The Hall–Kier alpha value is -2.95. The molecule has 0 aromatic heterocycles. The fourth-order valence-electron chi connectivity index (χ4n) is 4.14. The maximum absolute atomic E-state index is 13.2. The van der Waals surface area contributed by atoms with Crippen molar-refractivity contribution in [1.82, 2.24) is 14.5 Å². The van der Waals surface area contributed by atoms with E-state index >= 15 is 0 Å². The zero-order valence-electron chi connectivity index (χ0n) is 20.9. The van der Waals surface area contributed by atoms with Crippen LogP contribution < -0.4 is 10.1 Å². The van der Waals surface area contributed by atoms with Crippen molar-refractivity contribution in [2.24, 2.45) is 0 Å². The lowest BCUT2D eigenvalue weighted by molar-refractivity contribution is -0.140. The standard InChI is InChI=1S/C26H35N3O6S/c1-20(26(32)27-15-18-30)29(19-22-5-10-23(35-2)11-6-22)25(31)14-9-21-7-12-24(13-8-21)36(33,34)28-16-3-4-17-28/h5-8,10-13,20,30H,3-4,9,14-19H2,1-2H3,(H,27,32)/t20-/m0/s1. The minimum atomic E-state index is -3.48. The molecule has 2 amide bonds. The van der Waals surface area contributed by atoms with Gasteiger partial charge in [-0.1, -0.05) is 24.3 Å². The number of hydrogen-bond donors (Lipinski definition) is 2. The predicted molar refractivity (Wildman–Crippen MR) is 136 cm³/mol. The first-order valence-corrected chi connectivity index (χ1v) is 13.6. The van der Waals surface area contributed by atoms with Crippen molar-refractivity contribution >= 4 is 21.8 Å². The van der Waals surface area contributed by atoms with E-state index in [1.165, 1.54) is 9.21 Å². The minimum Gasteiger partial charge on any atom is -0.497 e. The highest BCUT2D eigenvalue weighted by Gasteiger charge is 2.28.